The number of nitrogens with zero attached hydrogens (tertiary/aromatic N) is 1. The van der Waals surface area contributed by atoms with Gasteiger partial charge in [0.05, 0.1) is 0 Å². The summed E-state index contributed by atoms with van der Waals surface area (Å²) in [5.74, 6) is 0.768. The zero-order valence-corrected chi connectivity index (χ0v) is 13.8. The molecule has 0 saturated carbocycles. The summed E-state index contributed by atoms with van der Waals surface area (Å²) in [4.78, 5) is 13.5. The maximum Gasteiger partial charge on any atom is 0.221 e. The third-order valence-corrected chi connectivity index (χ3v) is 3.81. The van der Waals surface area contributed by atoms with Gasteiger partial charge in [-0.25, -0.2) is 0 Å². The van der Waals surface area contributed by atoms with E-state index in [2.05, 4.69) is 29.4 Å². The normalized spacial score (nSPS) is 16.3. The predicted octanol–water partition coefficient (Wildman–Crippen LogP) is 2.10. The molecule has 0 aromatic heterocycles. The van der Waals surface area contributed by atoms with E-state index in [4.69, 9.17) is 4.74 Å². The van der Waals surface area contributed by atoms with Crippen molar-refractivity contribution in [1.29, 1.82) is 0 Å². The highest BCUT2D eigenvalue weighted by molar-refractivity contribution is 5.88. The fourth-order valence-corrected chi connectivity index (χ4v) is 2.54. The lowest BCUT2D eigenvalue weighted by Crippen LogP contribution is -2.45. The molecule has 0 atom stereocenters. The van der Waals surface area contributed by atoms with Gasteiger partial charge < -0.3 is 20.3 Å². The molecular formula is C17H27N3O2. The first-order valence-electron chi connectivity index (χ1n) is 7.94. The Bertz CT molecular complexity index is 479. The molecule has 0 unspecified atom stereocenters. The van der Waals surface area contributed by atoms with E-state index in [0.717, 1.165) is 50.6 Å². The second-order valence-corrected chi connectivity index (χ2v) is 6.41. The highest BCUT2D eigenvalue weighted by Gasteiger charge is 2.21. The lowest BCUT2D eigenvalue weighted by atomic mass is 10.0. The van der Waals surface area contributed by atoms with E-state index in [-0.39, 0.29) is 11.5 Å². The Morgan fingerprint density at radius 2 is 1.91 bits per heavy atom. The summed E-state index contributed by atoms with van der Waals surface area (Å²) in [6.45, 7) is 11.2. The Labute approximate surface area is 133 Å². The van der Waals surface area contributed by atoms with Gasteiger partial charge in [-0.2, -0.15) is 0 Å². The second-order valence-electron chi connectivity index (χ2n) is 6.41. The van der Waals surface area contributed by atoms with Crippen molar-refractivity contribution in [2.24, 2.45) is 0 Å². The summed E-state index contributed by atoms with van der Waals surface area (Å²) in [6.07, 6.45) is 0.987. The topological polar surface area (TPSA) is 53.6 Å². The highest BCUT2D eigenvalue weighted by Crippen LogP contribution is 2.23. The maximum absolute atomic E-state index is 11.0. The van der Waals surface area contributed by atoms with Gasteiger partial charge >= 0.3 is 0 Å². The Morgan fingerprint density at radius 3 is 2.50 bits per heavy atom. The fourth-order valence-electron chi connectivity index (χ4n) is 2.54. The minimum atomic E-state index is -0.208. The number of carbonyl (C=O) groups is 1. The summed E-state index contributed by atoms with van der Waals surface area (Å²) < 4.78 is 6.10. The van der Waals surface area contributed by atoms with Crippen LogP contribution in [0.2, 0.25) is 0 Å². The molecule has 1 aliphatic rings. The maximum atomic E-state index is 11.0. The van der Waals surface area contributed by atoms with Gasteiger partial charge in [0.2, 0.25) is 5.91 Å². The van der Waals surface area contributed by atoms with Gasteiger partial charge in [0, 0.05) is 45.3 Å². The van der Waals surface area contributed by atoms with Crippen LogP contribution < -0.4 is 15.4 Å². The van der Waals surface area contributed by atoms with E-state index >= 15 is 0 Å². The van der Waals surface area contributed by atoms with E-state index in [1.165, 1.54) is 6.92 Å². The van der Waals surface area contributed by atoms with E-state index in [0.29, 0.717) is 0 Å². The highest BCUT2D eigenvalue weighted by atomic mass is 16.5. The van der Waals surface area contributed by atoms with Crippen molar-refractivity contribution >= 4 is 11.6 Å². The van der Waals surface area contributed by atoms with E-state index < -0.39 is 0 Å². The molecule has 2 rings (SSSR count). The molecule has 0 spiro atoms. The first-order chi connectivity index (χ1) is 10.4. The molecule has 0 aliphatic carbocycles. The minimum Gasteiger partial charge on any atom is -0.488 e. The molecule has 1 amide bonds. The quantitative estimate of drug-likeness (QED) is 0.845. The minimum absolute atomic E-state index is 0.0648. The van der Waals surface area contributed by atoms with E-state index in [1.807, 2.05) is 24.3 Å². The lowest BCUT2D eigenvalue weighted by molar-refractivity contribution is -0.114. The van der Waals surface area contributed by atoms with Crippen molar-refractivity contribution in [2.45, 2.75) is 32.8 Å². The third kappa shape index (κ3) is 5.66. The van der Waals surface area contributed by atoms with E-state index in [9.17, 15) is 4.79 Å². The van der Waals surface area contributed by atoms with Crippen molar-refractivity contribution in [1.82, 2.24) is 10.2 Å². The van der Waals surface area contributed by atoms with Crippen LogP contribution in [0.3, 0.4) is 0 Å². The average Bonchev–Trinajstić information content (AvgIpc) is 2.48. The summed E-state index contributed by atoms with van der Waals surface area (Å²) in [5, 5.41) is 6.12. The molecule has 1 fully saturated rings. The van der Waals surface area contributed by atoms with Gasteiger partial charge in [0.1, 0.15) is 11.4 Å². The molecule has 1 saturated heterocycles. The van der Waals surface area contributed by atoms with Crippen LogP contribution in [0.1, 0.15) is 27.2 Å². The first-order valence-corrected chi connectivity index (χ1v) is 7.94. The number of hydrogen-bond donors (Lipinski definition) is 2. The largest absolute Gasteiger partial charge is 0.488 e. The SMILES string of the molecule is CC(=O)Nc1ccc(OC(C)(C)CCN2CCNCC2)cc1. The summed E-state index contributed by atoms with van der Waals surface area (Å²) in [5.41, 5.74) is 0.582. The molecular weight excluding hydrogens is 278 g/mol. The van der Waals surface area contributed by atoms with Gasteiger partial charge in [0.15, 0.2) is 0 Å². The van der Waals surface area contributed by atoms with Gasteiger partial charge in [-0.1, -0.05) is 0 Å². The average molecular weight is 305 g/mol. The molecule has 2 N–H and O–H groups in total. The smallest absolute Gasteiger partial charge is 0.221 e. The Kier molecular flexibility index (Phi) is 5.80. The molecule has 1 heterocycles. The van der Waals surface area contributed by atoms with Crippen LogP contribution in [0.5, 0.6) is 5.75 Å². The molecule has 1 aliphatic heterocycles. The Morgan fingerprint density at radius 1 is 1.27 bits per heavy atom. The standard InChI is InChI=1S/C17H27N3O2/c1-14(21)19-15-4-6-16(7-5-15)22-17(2,3)8-11-20-12-9-18-10-13-20/h4-7,18H,8-13H2,1-3H3,(H,19,21). The van der Waals surface area contributed by atoms with Crippen LogP contribution >= 0.6 is 0 Å². The van der Waals surface area contributed by atoms with Crippen LogP contribution in [-0.4, -0.2) is 49.1 Å². The number of rotatable bonds is 6. The number of anilines is 1. The number of hydrogen-bond acceptors (Lipinski definition) is 4. The number of nitrogens with one attached hydrogen (secondary N) is 2. The molecule has 0 radical (unpaired) electrons. The van der Waals surface area contributed by atoms with Crippen molar-refractivity contribution < 1.29 is 9.53 Å². The lowest BCUT2D eigenvalue weighted by Gasteiger charge is -2.32. The molecule has 5 heteroatoms. The molecule has 1 aromatic rings. The third-order valence-electron chi connectivity index (χ3n) is 3.81. The predicted molar refractivity (Wildman–Crippen MR) is 89.4 cm³/mol. The number of ether oxygens (including phenoxy) is 1. The molecule has 0 bridgehead atoms. The zero-order chi connectivity index (χ0) is 16.0. The first kappa shape index (κ1) is 16.8. The molecule has 22 heavy (non-hydrogen) atoms. The Balaban J connectivity index is 1.83. The van der Waals surface area contributed by atoms with Gasteiger partial charge in [-0.3, -0.25) is 4.79 Å². The summed E-state index contributed by atoms with van der Waals surface area (Å²) in [6, 6.07) is 7.53. The van der Waals surface area contributed by atoms with Crippen LogP contribution in [0.25, 0.3) is 0 Å². The van der Waals surface area contributed by atoms with Crippen molar-refractivity contribution in [2.75, 3.05) is 38.0 Å². The fraction of sp³-hybridized carbons (Fsp3) is 0.588. The van der Waals surface area contributed by atoms with Crippen LogP contribution in [0, 0.1) is 0 Å². The number of carbonyl (C=O) groups excluding carboxylic acids is 1. The molecule has 122 valence electrons. The summed E-state index contributed by atoms with van der Waals surface area (Å²) in [7, 11) is 0. The Hall–Kier alpha value is -1.59. The van der Waals surface area contributed by atoms with Crippen LogP contribution in [-0.2, 0) is 4.79 Å². The number of amides is 1. The van der Waals surface area contributed by atoms with Gasteiger partial charge in [-0.05, 0) is 44.5 Å². The molecule has 5 nitrogen and oxygen atoms in total. The number of piperazine rings is 1. The summed E-state index contributed by atoms with van der Waals surface area (Å²) >= 11 is 0. The monoisotopic (exact) mass is 305 g/mol. The van der Waals surface area contributed by atoms with Gasteiger partial charge in [0.25, 0.3) is 0 Å². The van der Waals surface area contributed by atoms with Gasteiger partial charge in [-0.15, -0.1) is 0 Å². The van der Waals surface area contributed by atoms with Crippen LogP contribution in [0.15, 0.2) is 24.3 Å². The number of benzene rings is 1. The zero-order valence-electron chi connectivity index (χ0n) is 13.8. The van der Waals surface area contributed by atoms with Crippen molar-refractivity contribution in [3.63, 3.8) is 0 Å². The van der Waals surface area contributed by atoms with Crippen molar-refractivity contribution in [3.05, 3.63) is 24.3 Å². The van der Waals surface area contributed by atoms with Crippen LogP contribution in [0.4, 0.5) is 5.69 Å². The van der Waals surface area contributed by atoms with Crippen molar-refractivity contribution in [3.8, 4) is 5.75 Å². The van der Waals surface area contributed by atoms with E-state index in [1.54, 1.807) is 0 Å². The molecule has 1 aromatic carbocycles. The second kappa shape index (κ2) is 7.61.